The zero-order valence-corrected chi connectivity index (χ0v) is 9.97. The molecule has 0 atom stereocenters. The van der Waals surface area contributed by atoms with Gasteiger partial charge in [0.1, 0.15) is 0 Å². The average molecular weight is 241 g/mol. The maximum atomic E-state index is 11.4. The van der Waals surface area contributed by atoms with Crippen LogP contribution in [0, 0.1) is 0 Å². The predicted octanol–water partition coefficient (Wildman–Crippen LogP) is 2.67. The molecule has 2 N–H and O–H groups in total. The van der Waals surface area contributed by atoms with Crippen LogP contribution in [0.25, 0.3) is 11.1 Å². The fraction of sp³-hybridized carbons (Fsp3) is 0.133. The van der Waals surface area contributed by atoms with Crippen LogP contribution in [-0.2, 0) is 4.79 Å². The molecule has 3 nitrogen and oxygen atoms in total. The Labute approximate surface area is 106 Å². The molecule has 18 heavy (non-hydrogen) atoms. The second kappa shape index (κ2) is 5.98. The standard InChI is InChI=1S/C15H15NO2/c17-10-9-15(18)16-14-8-4-7-13(11-14)12-5-2-1-3-6-12/h1-8,11,17H,9-10H2,(H,16,18). The number of aliphatic hydroxyl groups excluding tert-OH is 1. The van der Waals surface area contributed by atoms with Crippen LogP contribution in [0.15, 0.2) is 54.6 Å². The third-order valence-corrected chi connectivity index (χ3v) is 2.59. The van der Waals surface area contributed by atoms with Gasteiger partial charge in [0.25, 0.3) is 0 Å². The minimum absolute atomic E-state index is 0.121. The average Bonchev–Trinajstić information content (AvgIpc) is 2.40. The number of benzene rings is 2. The van der Waals surface area contributed by atoms with E-state index in [2.05, 4.69) is 5.32 Å². The van der Waals surface area contributed by atoms with Gasteiger partial charge in [-0.05, 0) is 23.3 Å². The molecule has 1 amide bonds. The summed E-state index contributed by atoms with van der Waals surface area (Å²) >= 11 is 0. The van der Waals surface area contributed by atoms with E-state index < -0.39 is 0 Å². The Kier molecular flexibility index (Phi) is 4.10. The first kappa shape index (κ1) is 12.3. The van der Waals surface area contributed by atoms with Crippen molar-refractivity contribution in [2.24, 2.45) is 0 Å². The van der Waals surface area contributed by atoms with Crippen molar-refractivity contribution >= 4 is 11.6 Å². The molecule has 2 rings (SSSR count). The van der Waals surface area contributed by atoms with Gasteiger partial charge in [0.05, 0.1) is 13.0 Å². The lowest BCUT2D eigenvalue weighted by atomic mass is 10.1. The third-order valence-electron chi connectivity index (χ3n) is 2.59. The summed E-state index contributed by atoms with van der Waals surface area (Å²) in [6.45, 7) is -0.135. The fourth-order valence-electron chi connectivity index (χ4n) is 1.73. The Hall–Kier alpha value is -2.13. The molecule has 0 saturated carbocycles. The van der Waals surface area contributed by atoms with E-state index in [1.165, 1.54) is 0 Å². The Morgan fingerprint density at radius 3 is 2.44 bits per heavy atom. The highest BCUT2D eigenvalue weighted by Gasteiger charge is 2.02. The summed E-state index contributed by atoms with van der Waals surface area (Å²) in [7, 11) is 0. The number of hydrogen-bond donors (Lipinski definition) is 2. The van der Waals surface area contributed by atoms with Crippen LogP contribution in [0.4, 0.5) is 5.69 Å². The third kappa shape index (κ3) is 3.18. The first-order valence-corrected chi connectivity index (χ1v) is 5.86. The summed E-state index contributed by atoms with van der Waals surface area (Å²) < 4.78 is 0. The number of carbonyl (C=O) groups is 1. The summed E-state index contributed by atoms with van der Waals surface area (Å²) in [5.74, 6) is -0.178. The highest BCUT2D eigenvalue weighted by atomic mass is 16.3. The van der Waals surface area contributed by atoms with Crippen molar-refractivity contribution in [1.29, 1.82) is 0 Å². The van der Waals surface area contributed by atoms with Crippen LogP contribution in [-0.4, -0.2) is 17.6 Å². The Balaban J connectivity index is 2.18. The minimum atomic E-state index is -0.178. The number of rotatable bonds is 4. The number of nitrogens with one attached hydrogen (secondary N) is 1. The summed E-state index contributed by atoms with van der Waals surface area (Å²) in [5.41, 5.74) is 2.91. The second-order valence-corrected chi connectivity index (χ2v) is 3.97. The van der Waals surface area contributed by atoms with Crippen molar-refractivity contribution in [3.05, 3.63) is 54.6 Å². The van der Waals surface area contributed by atoms with Gasteiger partial charge in [0.2, 0.25) is 5.91 Å². The zero-order valence-electron chi connectivity index (χ0n) is 9.97. The Morgan fingerprint density at radius 1 is 1.00 bits per heavy atom. The molecule has 0 aliphatic carbocycles. The van der Waals surface area contributed by atoms with Crippen molar-refractivity contribution in [3.8, 4) is 11.1 Å². The van der Waals surface area contributed by atoms with Gasteiger partial charge in [0, 0.05) is 5.69 Å². The Bertz CT molecular complexity index is 523. The molecule has 92 valence electrons. The van der Waals surface area contributed by atoms with E-state index in [1.54, 1.807) is 0 Å². The normalized spacial score (nSPS) is 10.1. The van der Waals surface area contributed by atoms with E-state index in [4.69, 9.17) is 5.11 Å². The van der Waals surface area contributed by atoms with Gasteiger partial charge < -0.3 is 10.4 Å². The summed E-state index contributed by atoms with van der Waals surface area (Å²) in [5, 5.41) is 11.4. The highest BCUT2D eigenvalue weighted by molar-refractivity contribution is 5.91. The fourth-order valence-corrected chi connectivity index (χ4v) is 1.73. The van der Waals surface area contributed by atoms with Gasteiger partial charge in [-0.25, -0.2) is 0 Å². The molecule has 0 heterocycles. The second-order valence-electron chi connectivity index (χ2n) is 3.97. The molecule has 2 aromatic carbocycles. The van der Waals surface area contributed by atoms with E-state index in [0.29, 0.717) is 0 Å². The van der Waals surface area contributed by atoms with Crippen molar-refractivity contribution in [3.63, 3.8) is 0 Å². The predicted molar refractivity (Wildman–Crippen MR) is 72.2 cm³/mol. The number of carbonyl (C=O) groups excluding carboxylic acids is 1. The molecule has 0 radical (unpaired) electrons. The van der Waals surface area contributed by atoms with Crippen molar-refractivity contribution in [2.45, 2.75) is 6.42 Å². The molecular formula is C15H15NO2. The van der Waals surface area contributed by atoms with Gasteiger partial charge in [-0.1, -0.05) is 42.5 Å². The molecule has 3 heteroatoms. The first-order chi connectivity index (χ1) is 8.79. The summed E-state index contributed by atoms with van der Waals surface area (Å²) in [4.78, 5) is 11.4. The lowest BCUT2D eigenvalue weighted by Gasteiger charge is -2.07. The number of amides is 1. The molecule has 0 fully saturated rings. The van der Waals surface area contributed by atoms with Gasteiger partial charge in [0.15, 0.2) is 0 Å². The SMILES string of the molecule is O=C(CCO)Nc1cccc(-c2ccccc2)c1. The lowest BCUT2D eigenvalue weighted by molar-refractivity contribution is -0.116. The highest BCUT2D eigenvalue weighted by Crippen LogP contribution is 2.22. The van der Waals surface area contributed by atoms with Gasteiger partial charge in [-0.3, -0.25) is 4.79 Å². The zero-order chi connectivity index (χ0) is 12.8. The van der Waals surface area contributed by atoms with E-state index in [9.17, 15) is 4.79 Å². The van der Waals surface area contributed by atoms with Crippen molar-refractivity contribution in [2.75, 3.05) is 11.9 Å². The minimum Gasteiger partial charge on any atom is -0.396 e. The van der Waals surface area contributed by atoms with Crippen molar-refractivity contribution < 1.29 is 9.90 Å². The molecule has 0 aliphatic rings. The lowest BCUT2D eigenvalue weighted by Crippen LogP contribution is -2.12. The topological polar surface area (TPSA) is 49.3 Å². The Morgan fingerprint density at radius 2 is 1.72 bits per heavy atom. The van der Waals surface area contributed by atoms with Crippen LogP contribution in [0.5, 0.6) is 0 Å². The molecule has 0 aliphatic heterocycles. The largest absolute Gasteiger partial charge is 0.396 e. The van der Waals surface area contributed by atoms with Crippen LogP contribution in [0.2, 0.25) is 0 Å². The van der Waals surface area contributed by atoms with E-state index in [0.717, 1.165) is 16.8 Å². The monoisotopic (exact) mass is 241 g/mol. The molecule has 0 saturated heterocycles. The number of anilines is 1. The van der Waals surface area contributed by atoms with E-state index in [1.807, 2.05) is 54.6 Å². The summed E-state index contributed by atoms with van der Waals surface area (Å²) in [6, 6.07) is 17.6. The molecule has 0 unspecified atom stereocenters. The molecule has 2 aromatic rings. The quantitative estimate of drug-likeness (QED) is 0.864. The van der Waals surface area contributed by atoms with Crippen LogP contribution in [0.3, 0.4) is 0 Å². The van der Waals surface area contributed by atoms with Crippen molar-refractivity contribution in [1.82, 2.24) is 0 Å². The van der Waals surface area contributed by atoms with Crippen LogP contribution in [0.1, 0.15) is 6.42 Å². The molecule has 0 bridgehead atoms. The number of aliphatic hydroxyl groups is 1. The molecule has 0 spiro atoms. The maximum absolute atomic E-state index is 11.4. The van der Waals surface area contributed by atoms with Crippen LogP contribution >= 0.6 is 0 Å². The summed E-state index contributed by atoms with van der Waals surface area (Å²) in [6.07, 6.45) is 0.121. The van der Waals surface area contributed by atoms with E-state index >= 15 is 0 Å². The number of hydrogen-bond acceptors (Lipinski definition) is 2. The van der Waals surface area contributed by atoms with Gasteiger partial charge >= 0.3 is 0 Å². The maximum Gasteiger partial charge on any atom is 0.226 e. The molecular weight excluding hydrogens is 226 g/mol. The van der Waals surface area contributed by atoms with E-state index in [-0.39, 0.29) is 18.9 Å². The molecule has 0 aromatic heterocycles. The van der Waals surface area contributed by atoms with Gasteiger partial charge in [-0.2, -0.15) is 0 Å². The smallest absolute Gasteiger partial charge is 0.226 e. The van der Waals surface area contributed by atoms with Gasteiger partial charge in [-0.15, -0.1) is 0 Å². The first-order valence-electron chi connectivity index (χ1n) is 5.86. The van der Waals surface area contributed by atoms with Crippen LogP contribution < -0.4 is 5.32 Å².